The predicted octanol–water partition coefficient (Wildman–Crippen LogP) is 3.00. The van der Waals surface area contributed by atoms with Gasteiger partial charge in [-0.1, -0.05) is 12.1 Å². The number of aromatic nitrogens is 2. The molecule has 1 heterocycles. The third kappa shape index (κ3) is 5.70. The highest BCUT2D eigenvalue weighted by atomic mass is 32.2. The number of aryl methyl sites for hydroxylation is 1. The van der Waals surface area contributed by atoms with Gasteiger partial charge < -0.3 is 14.8 Å². The zero-order chi connectivity index (χ0) is 22.4. The lowest BCUT2D eigenvalue weighted by molar-refractivity contribution is -0.122. The van der Waals surface area contributed by atoms with E-state index in [9.17, 15) is 13.2 Å². The minimum absolute atomic E-state index is 0.0118. The molecule has 0 saturated heterocycles. The number of nitrogens with zero attached hydrogens (tertiary/aromatic N) is 2. The Kier molecular flexibility index (Phi) is 6.71. The van der Waals surface area contributed by atoms with Gasteiger partial charge in [-0.3, -0.25) is 9.52 Å². The molecular formula is C21H22N4O5S. The number of amides is 1. The van der Waals surface area contributed by atoms with Crippen LogP contribution in [0.15, 0.2) is 65.8 Å². The molecule has 0 radical (unpaired) electrons. The molecule has 1 amide bonds. The van der Waals surface area contributed by atoms with Gasteiger partial charge >= 0.3 is 0 Å². The summed E-state index contributed by atoms with van der Waals surface area (Å²) in [6.45, 7) is 3.57. The lowest BCUT2D eigenvalue weighted by Gasteiger charge is -2.15. The van der Waals surface area contributed by atoms with Gasteiger partial charge in [0.05, 0.1) is 12.0 Å². The van der Waals surface area contributed by atoms with E-state index in [2.05, 4.69) is 20.0 Å². The number of anilines is 2. The van der Waals surface area contributed by atoms with E-state index in [-0.39, 0.29) is 22.5 Å². The lowest BCUT2D eigenvalue weighted by Crippen LogP contribution is -2.30. The van der Waals surface area contributed by atoms with Crippen molar-refractivity contribution in [1.82, 2.24) is 9.97 Å². The van der Waals surface area contributed by atoms with Crippen molar-refractivity contribution >= 4 is 27.4 Å². The molecule has 0 fully saturated rings. The molecule has 0 spiro atoms. The zero-order valence-electron chi connectivity index (χ0n) is 17.2. The fourth-order valence-corrected chi connectivity index (χ4v) is 3.65. The van der Waals surface area contributed by atoms with E-state index in [1.54, 1.807) is 13.0 Å². The van der Waals surface area contributed by atoms with Crippen molar-refractivity contribution in [2.45, 2.75) is 24.8 Å². The monoisotopic (exact) mass is 442 g/mol. The van der Waals surface area contributed by atoms with Gasteiger partial charge in [0.1, 0.15) is 5.75 Å². The van der Waals surface area contributed by atoms with Crippen LogP contribution >= 0.6 is 0 Å². The molecule has 1 atom stereocenters. The summed E-state index contributed by atoms with van der Waals surface area (Å²) in [5.41, 5.74) is 1.45. The number of carbonyl (C=O) groups is 1. The molecule has 31 heavy (non-hydrogen) atoms. The Morgan fingerprint density at radius 2 is 1.77 bits per heavy atom. The number of rotatable bonds is 8. The van der Waals surface area contributed by atoms with Crippen LogP contribution in [0.25, 0.3) is 0 Å². The number of hydrogen-bond acceptors (Lipinski definition) is 7. The van der Waals surface area contributed by atoms with Crippen molar-refractivity contribution in [2.24, 2.45) is 0 Å². The van der Waals surface area contributed by atoms with Crippen molar-refractivity contribution < 1.29 is 22.7 Å². The summed E-state index contributed by atoms with van der Waals surface area (Å²) in [6, 6.07) is 13.1. The van der Waals surface area contributed by atoms with Gasteiger partial charge in [-0.05, 0) is 55.8 Å². The highest BCUT2D eigenvalue weighted by Gasteiger charge is 2.19. The maximum absolute atomic E-state index is 12.6. The quantitative estimate of drug-likeness (QED) is 0.550. The number of nitrogens with one attached hydrogen (secondary N) is 2. The maximum Gasteiger partial charge on any atom is 0.265 e. The van der Waals surface area contributed by atoms with Gasteiger partial charge in [0.15, 0.2) is 6.10 Å². The second kappa shape index (κ2) is 9.43. The molecule has 10 heteroatoms. The highest BCUT2D eigenvalue weighted by Crippen LogP contribution is 2.22. The van der Waals surface area contributed by atoms with Crippen molar-refractivity contribution in [2.75, 3.05) is 17.1 Å². The minimum Gasteiger partial charge on any atom is -0.481 e. The first-order valence-electron chi connectivity index (χ1n) is 9.30. The number of hydrogen-bond donors (Lipinski definition) is 2. The molecular weight excluding hydrogens is 420 g/mol. The van der Waals surface area contributed by atoms with Crippen molar-refractivity contribution in [3.05, 3.63) is 66.5 Å². The normalized spacial score (nSPS) is 12.0. The van der Waals surface area contributed by atoms with Crippen LogP contribution in [0.3, 0.4) is 0 Å². The molecule has 1 aromatic heterocycles. The van der Waals surface area contributed by atoms with E-state index in [1.165, 1.54) is 43.8 Å². The molecule has 0 bridgehead atoms. The van der Waals surface area contributed by atoms with Crippen LogP contribution in [-0.4, -0.2) is 37.5 Å². The van der Waals surface area contributed by atoms with Crippen LogP contribution in [0.5, 0.6) is 11.6 Å². The number of ether oxygens (including phenoxy) is 2. The van der Waals surface area contributed by atoms with Crippen LogP contribution in [0, 0.1) is 6.92 Å². The largest absolute Gasteiger partial charge is 0.481 e. The Balaban J connectivity index is 1.65. The van der Waals surface area contributed by atoms with Crippen LogP contribution < -0.4 is 19.5 Å². The average molecular weight is 442 g/mol. The van der Waals surface area contributed by atoms with E-state index >= 15 is 0 Å². The number of sulfonamides is 1. The molecule has 9 nitrogen and oxygen atoms in total. The van der Waals surface area contributed by atoms with E-state index in [4.69, 9.17) is 9.47 Å². The van der Waals surface area contributed by atoms with Crippen molar-refractivity contribution in [3.8, 4) is 11.6 Å². The third-order valence-electron chi connectivity index (χ3n) is 4.19. The average Bonchev–Trinajstić information content (AvgIpc) is 2.74. The van der Waals surface area contributed by atoms with Crippen LogP contribution in [0.2, 0.25) is 0 Å². The number of benzene rings is 2. The smallest absolute Gasteiger partial charge is 0.265 e. The van der Waals surface area contributed by atoms with E-state index in [0.717, 1.165) is 5.56 Å². The van der Waals surface area contributed by atoms with Crippen LogP contribution in [0.1, 0.15) is 12.5 Å². The Hall–Kier alpha value is -3.66. The first kappa shape index (κ1) is 22.0. The molecule has 2 N–H and O–H groups in total. The predicted molar refractivity (Wildman–Crippen MR) is 116 cm³/mol. The Bertz CT molecular complexity index is 1170. The molecule has 3 aromatic rings. The van der Waals surface area contributed by atoms with Crippen LogP contribution in [0.4, 0.5) is 11.5 Å². The summed E-state index contributed by atoms with van der Waals surface area (Å²) < 4.78 is 38.2. The minimum atomic E-state index is -3.92. The summed E-state index contributed by atoms with van der Waals surface area (Å²) in [5, 5.41) is 2.70. The molecule has 3 rings (SSSR count). The molecule has 0 aliphatic carbocycles. The van der Waals surface area contributed by atoms with Gasteiger partial charge in [-0.2, -0.15) is 0 Å². The summed E-state index contributed by atoms with van der Waals surface area (Å²) in [5.74, 6) is 0.260. The second-order valence-electron chi connectivity index (χ2n) is 6.61. The van der Waals surface area contributed by atoms with Gasteiger partial charge in [-0.25, -0.2) is 18.4 Å². The van der Waals surface area contributed by atoms with E-state index in [0.29, 0.717) is 11.4 Å². The molecule has 162 valence electrons. The fourth-order valence-electron chi connectivity index (χ4n) is 2.64. The number of carbonyl (C=O) groups excluding carboxylic acids is 1. The Morgan fingerprint density at radius 3 is 2.45 bits per heavy atom. The van der Waals surface area contributed by atoms with Gasteiger partial charge in [-0.15, -0.1) is 0 Å². The first-order valence-corrected chi connectivity index (χ1v) is 10.8. The summed E-state index contributed by atoms with van der Waals surface area (Å²) in [7, 11) is -2.56. The SMILES string of the molecule is COc1nccnc1NS(=O)(=O)c1ccc(NC(=O)C(C)Oc2cccc(C)c2)cc1. The first-order chi connectivity index (χ1) is 14.8. The Labute approximate surface area is 180 Å². The fraction of sp³-hybridized carbons (Fsp3) is 0.190. The third-order valence-corrected chi connectivity index (χ3v) is 5.55. The summed E-state index contributed by atoms with van der Waals surface area (Å²) in [6.07, 6.45) is 1.99. The second-order valence-corrected chi connectivity index (χ2v) is 8.29. The van der Waals surface area contributed by atoms with E-state index < -0.39 is 16.1 Å². The summed E-state index contributed by atoms with van der Waals surface area (Å²) in [4.78, 5) is 20.2. The molecule has 1 unspecified atom stereocenters. The van der Waals surface area contributed by atoms with Crippen molar-refractivity contribution in [1.29, 1.82) is 0 Å². The zero-order valence-corrected chi connectivity index (χ0v) is 18.0. The molecule has 0 aliphatic heterocycles. The van der Waals surface area contributed by atoms with Crippen LogP contribution in [-0.2, 0) is 14.8 Å². The van der Waals surface area contributed by atoms with Crippen molar-refractivity contribution in [3.63, 3.8) is 0 Å². The Morgan fingerprint density at radius 1 is 1.06 bits per heavy atom. The summed E-state index contributed by atoms with van der Waals surface area (Å²) >= 11 is 0. The standard InChI is InChI=1S/C21H22N4O5S/c1-14-5-4-6-17(13-14)30-15(2)20(26)24-16-7-9-18(10-8-16)31(27,28)25-19-21(29-3)23-12-11-22-19/h4-13,15H,1-3H3,(H,22,25)(H,24,26). The molecule has 2 aromatic carbocycles. The highest BCUT2D eigenvalue weighted by molar-refractivity contribution is 7.92. The topological polar surface area (TPSA) is 120 Å². The van der Waals surface area contributed by atoms with Gasteiger partial charge in [0.25, 0.3) is 21.8 Å². The molecule has 0 saturated carbocycles. The lowest BCUT2D eigenvalue weighted by atomic mass is 10.2. The van der Waals surface area contributed by atoms with Gasteiger partial charge in [0, 0.05) is 18.1 Å². The van der Waals surface area contributed by atoms with Gasteiger partial charge in [0.2, 0.25) is 5.82 Å². The maximum atomic E-state index is 12.6. The van der Waals surface area contributed by atoms with E-state index in [1.807, 2.05) is 25.1 Å². The number of methoxy groups -OCH3 is 1. The molecule has 0 aliphatic rings.